The van der Waals surface area contributed by atoms with Crippen molar-refractivity contribution < 1.29 is 47.7 Å². The topological polar surface area (TPSA) is 184 Å². The van der Waals surface area contributed by atoms with Crippen molar-refractivity contribution in [2.45, 2.75) is 146 Å². The number of rotatable bonds is 22. The molecule has 0 unspecified atom stereocenters. The number of methoxy groups -OCH3 is 1. The van der Waals surface area contributed by atoms with Gasteiger partial charge in [-0.2, -0.15) is 0 Å². The fourth-order valence-electron chi connectivity index (χ4n) is 8.77. The average Bonchev–Trinajstić information content (AvgIpc) is 3.55. The standard InChI is InChI=1S/C43H67N5O10/c1-48-39(50)28-37(41(48)31-6-3-21-44-29-31)43(53)46-23-27-58-36-17-13-33(14-18-36)55-24-4-7-38(49)47-32-11-9-30(10-12-32)42(52)45-22-26-57-35-19-15-34(16-20-35)56-25-5-8-40(51)54-2/h3,6,21,29-30,32-37,41H,4-5,7-20,22-28H2,1-2H3,(H,45,52)(H,46,53)(H,47,49)/t30?,32?,33?,34?,35?,36?,37-,41+/m0/s1. The lowest BCUT2D eigenvalue weighted by atomic mass is 9.85. The minimum Gasteiger partial charge on any atom is -0.469 e. The number of likely N-dealkylation sites (tertiary alicyclic amines) is 1. The fourth-order valence-corrected chi connectivity index (χ4v) is 8.77. The Morgan fingerprint density at radius 3 is 1.79 bits per heavy atom. The molecule has 4 amide bonds. The third kappa shape index (κ3) is 14.9. The second-order valence-electron chi connectivity index (χ2n) is 16.3. The SMILES string of the molecule is COC(=O)CCCOC1CCC(OCCNC(=O)C2CCC(NC(=O)CCCOC3CCC(OCCNC(=O)[C@H]4CC(=O)N(C)[C@@H]4c4cccnc4)CC3)CC2)CC1. The first-order chi connectivity index (χ1) is 28.2. The van der Waals surface area contributed by atoms with Crippen LogP contribution in [0.2, 0.25) is 0 Å². The molecule has 1 aliphatic heterocycles. The van der Waals surface area contributed by atoms with Gasteiger partial charge in [0.15, 0.2) is 0 Å². The molecule has 15 heteroatoms. The second kappa shape index (κ2) is 24.4. The first-order valence-corrected chi connectivity index (χ1v) is 21.7. The van der Waals surface area contributed by atoms with E-state index in [1.807, 2.05) is 12.1 Å². The Labute approximate surface area is 343 Å². The lowest BCUT2D eigenvalue weighted by Gasteiger charge is -2.29. The van der Waals surface area contributed by atoms with Gasteiger partial charge in [-0.3, -0.25) is 29.0 Å². The Hall–Kier alpha value is -3.66. The van der Waals surface area contributed by atoms with Gasteiger partial charge in [0, 0.05) is 77.0 Å². The third-order valence-corrected chi connectivity index (χ3v) is 12.2. The molecule has 58 heavy (non-hydrogen) atoms. The molecule has 0 bridgehead atoms. The molecule has 2 atom stereocenters. The molecule has 1 aromatic rings. The van der Waals surface area contributed by atoms with Gasteiger partial charge < -0.3 is 44.5 Å². The molecule has 3 aliphatic carbocycles. The molecular weight excluding hydrogens is 746 g/mol. The van der Waals surface area contributed by atoms with Crippen LogP contribution in [0.15, 0.2) is 24.5 Å². The molecule has 0 aromatic carbocycles. The summed E-state index contributed by atoms with van der Waals surface area (Å²) in [5.74, 6) is -0.775. The number of hydrogen-bond donors (Lipinski definition) is 3. The number of carbonyl (C=O) groups is 5. The highest BCUT2D eigenvalue weighted by atomic mass is 16.5. The molecule has 4 aliphatic rings. The van der Waals surface area contributed by atoms with E-state index < -0.39 is 5.92 Å². The summed E-state index contributed by atoms with van der Waals surface area (Å²) < 4.78 is 28.7. The Bertz CT molecular complexity index is 1430. The highest BCUT2D eigenvalue weighted by Gasteiger charge is 2.42. The van der Waals surface area contributed by atoms with E-state index in [-0.39, 0.29) is 78.4 Å². The van der Waals surface area contributed by atoms with Gasteiger partial charge in [-0.15, -0.1) is 0 Å². The fraction of sp³-hybridized carbons (Fsp3) is 0.767. The lowest BCUT2D eigenvalue weighted by molar-refractivity contribution is -0.141. The summed E-state index contributed by atoms with van der Waals surface area (Å²) in [6.07, 6.45) is 16.8. The molecule has 5 rings (SSSR count). The van der Waals surface area contributed by atoms with Crippen molar-refractivity contribution in [1.82, 2.24) is 25.8 Å². The van der Waals surface area contributed by atoms with E-state index in [2.05, 4.69) is 25.7 Å². The number of nitrogens with zero attached hydrogens (tertiary/aromatic N) is 2. The van der Waals surface area contributed by atoms with Gasteiger partial charge in [0.05, 0.1) is 56.7 Å². The minimum atomic E-state index is -0.458. The zero-order valence-electron chi connectivity index (χ0n) is 34.7. The molecule has 324 valence electrons. The van der Waals surface area contributed by atoms with Crippen molar-refractivity contribution in [3.63, 3.8) is 0 Å². The smallest absolute Gasteiger partial charge is 0.305 e. The first kappa shape index (κ1) is 45.4. The number of pyridine rings is 1. The van der Waals surface area contributed by atoms with Gasteiger partial charge >= 0.3 is 5.97 Å². The molecule has 1 aromatic heterocycles. The maximum Gasteiger partial charge on any atom is 0.305 e. The number of esters is 1. The maximum absolute atomic E-state index is 13.0. The van der Waals surface area contributed by atoms with E-state index in [0.29, 0.717) is 65.2 Å². The predicted molar refractivity (Wildman–Crippen MR) is 214 cm³/mol. The number of hydrogen-bond acceptors (Lipinski definition) is 11. The molecule has 4 fully saturated rings. The van der Waals surface area contributed by atoms with Crippen LogP contribution < -0.4 is 16.0 Å². The normalized spacial score (nSPS) is 27.5. The quantitative estimate of drug-likeness (QED) is 0.114. The van der Waals surface area contributed by atoms with E-state index >= 15 is 0 Å². The minimum absolute atomic E-state index is 0.0294. The molecular formula is C43H67N5O10. The van der Waals surface area contributed by atoms with Crippen molar-refractivity contribution in [3.8, 4) is 0 Å². The van der Waals surface area contributed by atoms with Crippen LogP contribution in [0.3, 0.4) is 0 Å². The molecule has 2 heterocycles. The summed E-state index contributed by atoms with van der Waals surface area (Å²) in [6, 6.07) is 3.50. The molecule has 3 N–H and O–H groups in total. The monoisotopic (exact) mass is 813 g/mol. The van der Waals surface area contributed by atoms with Crippen LogP contribution in [0.1, 0.15) is 121 Å². The van der Waals surface area contributed by atoms with Crippen LogP contribution in [-0.2, 0) is 47.7 Å². The molecule has 3 saturated carbocycles. The van der Waals surface area contributed by atoms with Crippen molar-refractivity contribution >= 4 is 29.6 Å². The van der Waals surface area contributed by atoms with Gasteiger partial charge in [-0.1, -0.05) is 6.07 Å². The number of nitrogens with one attached hydrogen (secondary N) is 3. The zero-order valence-corrected chi connectivity index (χ0v) is 34.7. The highest BCUT2D eigenvalue weighted by molar-refractivity contribution is 5.90. The number of ether oxygens (including phenoxy) is 5. The summed E-state index contributed by atoms with van der Waals surface area (Å²) >= 11 is 0. The summed E-state index contributed by atoms with van der Waals surface area (Å²) in [4.78, 5) is 67.8. The Morgan fingerprint density at radius 2 is 1.26 bits per heavy atom. The van der Waals surface area contributed by atoms with Crippen LogP contribution >= 0.6 is 0 Å². The first-order valence-electron chi connectivity index (χ1n) is 21.7. The van der Waals surface area contributed by atoms with E-state index in [1.54, 1.807) is 24.3 Å². The molecule has 15 nitrogen and oxygen atoms in total. The highest BCUT2D eigenvalue weighted by Crippen LogP contribution is 2.36. The number of aromatic nitrogens is 1. The van der Waals surface area contributed by atoms with Crippen LogP contribution in [0.4, 0.5) is 0 Å². The van der Waals surface area contributed by atoms with E-state index in [9.17, 15) is 24.0 Å². The van der Waals surface area contributed by atoms with Crippen molar-refractivity contribution in [2.75, 3.05) is 53.7 Å². The summed E-state index contributed by atoms with van der Waals surface area (Å²) in [7, 11) is 3.13. The summed E-state index contributed by atoms with van der Waals surface area (Å²) in [5.41, 5.74) is 0.856. The van der Waals surface area contributed by atoms with Gasteiger partial charge in [0.1, 0.15) is 0 Å². The molecule has 1 saturated heterocycles. The van der Waals surface area contributed by atoms with E-state index in [1.165, 1.54) is 7.11 Å². The number of carbonyl (C=O) groups excluding carboxylic acids is 5. The van der Waals surface area contributed by atoms with Gasteiger partial charge in [0.25, 0.3) is 0 Å². The Morgan fingerprint density at radius 1 is 0.724 bits per heavy atom. The van der Waals surface area contributed by atoms with Crippen LogP contribution in [0, 0.1) is 11.8 Å². The second-order valence-corrected chi connectivity index (χ2v) is 16.3. The Balaban J connectivity index is 0.822. The molecule has 0 spiro atoms. The zero-order chi connectivity index (χ0) is 41.1. The third-order valence-electron chi connectivity index (χ3n) is 12.2. The van der Waals surface area contributed by atoms with Crippen LogP contribution in [0.5, 0.6) is 0 Å². The average molecular weight is 814 g/mol. The van der Waals surface area contributed by atoms with Crippen LogP contribution in [-0.4, -0.2) is 124 Å². The van der Waals surface area contributed by atoms with Crippen molar-refractivity contribution in [1.29, 1.82) is 0 Å². The van der Waals surface area contributed by atoms with Gasteiger partial charge in [0.2, 0.25) is 23.6 Å². The van der Waals surface area contributed by atoms with E-state index in [0.717, 1.165) is 82.6 Å². The van der Waals surface area contributed by atoms with Gasteiger partial charge in [-0.05, 0) is 102 Å². The van der Waals surface area contributed by atoms with Crippen LogP contribution in [0.25, 0.3) is 0 Å². The van der Waals surface area contributed by atoms with Gasteiger partial charge in [-0.25, -0.2) is 0 Å². The summed E-state index contributed by atoms with van der Waals surface area (Å²) in [6.45, 7) is 2.91. The summed E-state index contributed by atoms with van der Waals surface area (Å²) in [5, 5.41) is 9.16. The molecule has 0 radical (unpaired) electrons. The Kier molecular flexibility index (Phi) is 19.1. The lowest BCUT2D eigenvalue weighted by Crippen LogP contribution is -2.41. The number of amides is 4. The maximum atomic E-state index is 13.0. The van der Waals surface area contributed by atoms with E-state index in [4.69, 9.17) is 18.9 Å². The van der Waals surface area contributed by atoms with Crippen molar-refractivity contribution in [3.05, 3.63) is 30.1 Å². The van der Waals surface area contributed by atoms with Crippen molar-refractivity contribution in [2.24, 2.45) is 11.8 Å². The predicted octanol–water partition coefficient (Wildman–Crippen LogP) is 3.93. The largest absolute Gasteiger partial charge is 0.469 e.